The Hall–Kier alpha value is -1.52. The van der Waals surface area contributed by atoms with Crippen molar-refractivity contribution in [3.63, 3.8) is 0 Å². The summed E-state index contributed by atoms with van der Waals surface area (Å²) in [6, 6.07) is -0.318. The number of carbonyl (C=O) groups excluding carboxylic acids is 1. The Kier molecular flexibility index (Phi) is 5.86. The average molecular weight is 268 g/mol. The molecule has 2 N–H and O–H groups in total. The zero-order valence-corrected chi connectivity index (χ0v) is 11.7. The lowest BCUT2D eigenvalue weighted by atomic mass is 9.83. The summed E-state index contributed by atoms with van der Waals surface area (Å²) in [5.74, 6) is -1.01. The maximum atomic E-state index is 12.0. The topological polar surface area (TPSA) is 69.6 Å². The minimum absolute atomic E-state index is 0.207. The van der Waals surface area contributed by atoms with Crippen LogP contribution >= 0.6 is 0 Å². The third-order valence-corrected chi connectivity index (χ3v) is 3.99. The van der Waals surface area contributed by atoms with Crippen LogP contribution in [-0.4, -0.2) is 41.6 Å². The van der Waals surface area contributed by atoms with Gasteiger partial charge >= 0.3 is 12.0 Å². The molecule has 19 heavy (non-hydrogen) atoms. The summed E-state index contributed by atoms with van der Waals surface area (Å²) in [5.41, 5.74) is 0.207. The number of aliphatic carboxylic acids is 1. The van der Waals surface area contributed by atoms with Gasteiger partial charge in [-0.25, -0.2) is 4.79 Å². The molecular weight excluding hydrogens is 244 g/mol. The molecular formula is C14H24N2O3. The lowest BCUT2D eigenvalue weighted by molar-refractivity contribution is -0.137. The van der Waals surface area contributed by atoms with Crippen LogP contribution in [0.25, 0.3) is 0 Å². The molecule has 0 unspecified atom stereocenters. The van der Waals surface area contributed by atoms with Crippen LogP contribution in [0.1, 0.15) is 39.0 Å². The molecule has 5 heteroatoms. The van der Waals surface area contributed by atoms with Crippen LogP contribution in [0.4, 0.5) is 4.79 Å². The molecule has 0 bridgehead atoms. The molecule has 1 rings (SSSR count). The summed E-state index contributed by atoms with van der Waals surface area (Å²) < 4.78 is 0. The molecule has 5 nitrogen and oxygen atoms in total. The van der Waals surface area contributed by atoms with E-state index in [0.29, 0.717) is 6.54 Å². The van der Waals surface area contributed by atoms with Crippen LogP contribution in [0.3, 0.4) is 0 Å². The third kappa shape index (κ3) is 4.58. The van der Waals surface area contributed by atoms with E-state index in [1.165, 1.54) is 23.8 Å². The summed E-state index contributed by atoms with van der Waals surface area (Å²) in [6.45, 7) is 6.28. The van der Waals surface area contributed by atoms with E-state index in [0.717, 1.165) is 19.3 Å². The zero-order valence-electron chi connectivity index (χ0n) is 11.7. The van der Waals surface area contributed by atoms with E-state index in [-0.39, 0.29) is 24.5 Å². The lowest BCUT2D eigenvalue weighted by Gasteiger charge is -2.29. The molecule has 1 fully saturated rings. The maximum absolute atomic E-state index is 12.0. The van der Waals surface area contributed by atoms with Gasteiger partial charge in [-0.05, 0) is 24.7 Å². The highest BCUT2D eigenvalue weighted by molar-refractivity contribution is 5.80. The number of urea groups is 1. The highest BCUT2D eigenvalue weighted by Gasteiger charge is 2.32. The van der Waals surface area contributed by atoms with Gasteiger partial charge in [0.05, 0.1) is 0 Å². The Bertz CT molecular complexity index is 336. The van der Waals surface area contributed by atoms with Crippen molar-refractivity contribution in [2.75, 3.05) is 19.6 Å². The molecule has 1 aliphatic rings. The lowest BCUT2D eigenvalue weighted by Crippen LogP contribution is -2.46. The number of rotatable bonds is 7. The number of hydrogen-bond donors (Lipinski definition) is 2. The number of nitrogens with zero attached hydrogens (tertiary/aromatic N) is 1. The van der Waals surface area contributed by atoms with E-state index in [1.54, 1.807) is 0 Å². The van der Waals surface area contributed by atoms with E-state index in [1.807, 2.05) is 0 Å². The molecule has 0 saturated heterocycles. The highest BCUT2D eigenvalue weighted by Crippen LogP contribution is 2.40. The summed E-state index contributed by atoms with van der Waals surface area (Å²) in [7, 11) is 0. The molecule has 0 heterocycles. The van der Waals surface area contributed by atoms with Gasteiger partial charge in [0, 0.05) is 13.1 Å². The Balaban J connectivity index is 2.51. The third-order valence-electron chi connectivity index (χ3n) is 3.99. The Labute approximate surface area is 114 Å². The molecule has 1 aliphatic carbocycles. The Morgan fingerprint density at radius 1 is 1.42 bits per heavy atom. The van der Waals surface area contributed by atoms with Crippen molar-refractivity contribution < 1.29 is 14.7 Å². The number of amides is 2. The van der Waals surface area contributed by atoms with Crippen LogP contribution in [0.2, 0.25) is 0 Å². The monoisotopic (exact) mass is 268 g/mol. The standard InChI is InChI=1S/C14H24N2O3/c1-3-9-16(10-12(17)18)13(19)15-11-14(4-2)7-5-6-8-14/h3H,1,4-11H2,2H3,(H,15,19)(H,17,18). The van der Waals surface area contributed by atoms with E-state index in [2.05, 4.69) is 18.8 Å². The van der Waals surface area contributed by atoms with Gasteiger partial charge in [-0.3, -0.25) is 4.79 Å². The minimum atomic E-state index is -1.01. The van der Waals surface area contributed by atoms with Gasteiger partial charge in [0.1, 0.15) is 6.54 Å². The minimum Gasteiger partial charge on any atom is -0.480 e. The Morgan fingerprint density at radius 3 is 2.53 bits per heavy atom. The van der Waals surface area contributed by atoms with Crippen LogP contribution in [0, 0.1) is 5.41 Å². The van der Waals surface area contributed by atoms with Crippen LogP contribution in [-0.2, 0) is 4.79 Å². The average Bonchev–Trinajstić information content (AvgIpc) is 2.84. The highest BCUT2D eigenvalue weighted by atomic mass is 16.4. The zero-order chi connectivity index (χ0) is 14.3. The summed E-state index contributed by atoms with van der Waals surface area (Å²) in [5, 5.41) is 11.7. The second kappa shape index (κ2) is 7.16. The quantitative estimate of drug-likeness (QED) is 0.696. The van der Waals surface area contributed by atoms with E-state index in [4.69, 9.17) is 5.11 Å². The van der Waals surface area contributed by atoms with E-state index < -0.39 is 5.97 Å². The second-order valence-corrected chi connectivity index (χ2v) is 5.28. The first kappa shape index (κ1) is 15.5. The summed E-state index contributed by atoms with van der Waals surface area (Å²) in [6.07, 6.45) is 7.31. The van der Waals surface area contributed by atoms with Crippen LogP contribution < -0.4 is 5.32 Å². The normalized spacial score (nSPS) is 16.9. The first-order chi connectivity index (χ1) is 9.03. The molecule has 0 aromatic heterocycles. The van der Waals surface area contributed by atoms with Crippen LogP contribution in [0.15, 0.2) is 12.7 Å². The molecule has 0 spiro atoms. The fourth-order valence-electron chi connectivity index (χ4n) is 2.69. The molecule has 108 valence electrons. The molecule has 0 aliphatic heterocycles. The largest absolute Gasteiger partial charge is 0.480 e. The van der Waals surface area contributed by atoms with Crippen molar-refractivity contribution >= 4 is 12.0 Å². The van der Waals surface area contributed by atoms with Crippen molar-refractivity contribution in [3.05, 3.63) is 12.7 Å². The predicted octanol–water partition coefficient (Wildman–Crippen LogP) is 2.24. The van der Waals surface area contributed by atoms with Gasteiger partial charge in [0.25, 0.3) is 0 Å². The number of carboxylic acid groups (broad SMARTS) is 1. The number of hydrogen-bond acceptors (Lipinski definition) is 2. The van der Waals surface area contributed by atoms with Gasteiger partial charge in [0.15, 0.2) is 0 Å². The van der Waals surface area contributed by atoms with Gasteiger partial charge in [-0.15, -0.1) is 6.58 Å². The van der Waals surface area contributed by atoms with Crippen molar-refractivity contribution in [2.24, 2.45) is 5.41 Å². The fourth-order valence-corrected chi connectivity index (χ4v) is 2.69. The summed E-state index contributed by atoms with van der Waals surface area (Å²) in [4.78, 5) is 24.0. The van der Waals surface area contributed by atoms with Crippen molar-refractivity contribution in [1.82, 2.24) is 10.2 Å². The Morgan fingerprint density at radius 2 is 2.05 bits per heavy atom. The van der Waals surface area contributed by atoms with Crippen LogP contribution in [0.5, 0.6) is 0 Å². The predicted molar refractivity (Wildman–Crippen MR) is 74.0 cm³/mol. The number of nitrogens with one attached hydrogen (secondary N) is 1. The van der Waals surface area contributed by atoms with Gasteiger partial charge in [-0.2, -0.15) is 0 Å². The molecule has 0 aromatic rings. The maximum Gasteiger partial charge on any atom is 0.323 e. The first-order valence-corrected chi connectivity index (χ1v) is 6.88. The molecule has 0 atom stereocenters. The van der Waals surface area contributed by atoms with E-state index in [9.17, 15) is 9.59 Å². The van der Waals surface area contributed by atoms with Gasteiger partial charge < -0.3 is 15.3 Å². The molecule has 0 radical (unpaired) electrons. The molecule has 2 amide bonds. The first-order valence-electron chi connectivity index (χ1n) is 6.88. The molecule has 0 aromatic carbocycles. The van der Waals surface area contributed by atoms with Crippen molar-refractivity contribution in [2.45, 2.75) is 39.0 Å². The van der Waals surface area contributed by atoms with E-state index >= 15 is 0 Å². The molecule has 1 saturated carbocycles. The SMILES string of the molecule is C=CCN(CC(=O)O)C(=O)NCC1(CC)CCCC1. The number of carboxylic acids is 1. The summed E-state index contributed by atoms with van der Waals surface area (Å²) >= 11 is 0. The van der Waals surface area contributed by atoms with Gasteiger partial charge in [0.2, 0.25) is 0 Å². The van der Waals surface area contributed by atoms with Crippen molar-refractivity contribution in [1.29, 1.82) is 0 Å². The second-order valence-electron chi connectivity index (χ2n) is 5.28. The van der Waals surface area contributed by atoms with Crippen molar-refractivity contribution in [3.8, 4) is 0 Å². The van der Waals surface area contributed by atoms with Gasteiger partial charge in [-0.1, -0.05) is 25.8 Å². The fraction of sp³-hybridized carbons (Fsp3) is 0.714. The smallest absolute Gasteiger partial charge is 0.323 e. The number of carbonyl (C=O) groups is 2.